The molecule has 0 aromatic heterocycles. The van der Waals surface area contributed by atoms with Crippen LogP contribution in [0.5, 0.6) is 5.75 Å². The lowest BCUT2D eigenvalue weighted by molar-refractivity contribution is -0.185. The van der Waals surface area contributed by atoms with E-state index >= 15 is 0 Å². The normalized spacial score (nSPS) is 22.0. The van der Waals surface area contributed by atoms with Crippen LogP contribution >= 0.6 is 0 Å². The summed E-state index contributed by atoms with van der Waals surface area (Å²) in [7, 11) is 1.61. The first-order valence-electron chi connectivity index (χ1n) is 8.66. The zero-order valence-corrected chi connectivity index (χ0v) is 15.0. The summed E-state index contributed by atoms with van der Waals surface area (Å²) in [6, 6.07) is 16.3. The van der Waals surface area contributed by atoms with E-state index in [0.29, 0.717) is 19.4 Å². The minimum atomic E-state index is -0.947. The summed E-state index contributed by atoms with van der Waals surface area (Å²) < 4.78 is 5.14. The molecular weight excluding hydrogens is 330 g/mol. The molecule has 2 aromatic carbocycles. The molecule has 26 heavy (non-hydrogen) atoms. The van der Waals surface area contributed by atoms with Crippen molar-refractivity contribution in [3.63, 3.8) is 0 Å². The largest absolute Gasteiger partial charge is 0.497 e. The zero-order chi connectivity index (χ0) is 18.7. The quantitative estimate of drug-likeness (QED) is 0.777. The van der Waals surface area contributed by atoms with Crippen molar-refractivity contribution >= 4 is 11.9 Å². The number of carboxylic acid groups (broad SMARTS) is 1. The van der Waals surface area contributed by atoms with Crippen LogP contribution in [0.15, 0.2) is 54.6 Å². The van der Waals surface area contributed by atoms with Gasteiger partial charge in [0.05, 0.1) is 12.5 Å². The Hall–Kier alpha value is -2.82. The van der Waals surface area contributed by atoms with E-state index in [1.54, 1.807) is 14.0 Å². The van der Waals surface area contributed by atoms with E-state index in [1.165, 1.54) is 4.90 Å². The number of carbonyl (C=O) groups is 2. The van der Waals surface area contributed by atoms with Gasteiger partial charge in [-0.3, -0.25) is 4.79 Å². The highest BCUT2D eigenvalue weighted by Crippen LogP contribution is 2.44. The summed E-state index contributed by atoms with van der Waals surface area (Å²) in [6.07, 6.45) is 1.15. The van der Waals surface area contributed by atoms with Crippen LogP contribution in [0.3, 0.4) is 0 Å². The number of rotatable bonds is 7. The first kappa shape index (κ1) is 18.0. The molecule has 1 amide bonds. The molecule has 0 unspecified atom stereocenters. The minimum Gasteiger partial charge on any atom is -0.497 e. The first-order valence-corrected chi connectivity index (χ1v) is 8.66. The van der Waals surface area contributed by atoms with Crippen LogP contribution in [0.25, 0.3) is 0 Å². The second kappa shape index (κ2) is 7.20. The summed E-state index contributed by atoms with van der Waals surface area (Å²) in [5, 5.41) is 9.69. The van der Waals surface area contributed by atoms with Gasteiger partial charge in [0.15, 0.2) is 0 Å². The SMILES string of the molecule is COc1ccc(CC[C@@]2(C)C(=O)N(Cc3ccccc3)[C@@H]2C(=O)O)cc1. The van der Waals surface area contributed by atoms with Crippen LogP contribution in [-0.2, 0) is 22.6 Å². The second-order valence-electron chi connectivity index (χ2n) is 6.92. The smallest absolute Gasteiger partial charge is 0.327 e. The number of benzene rings is 2. The summed E-state index contributed by atoms with van der Waals surface area (Å²) in [6.45, 7) is 2.09. The standard InChI is InChI=1S/C21H23NO4/c1-21(13-12-15-8-10-17(26-2)11-9-15)18(19(23)24)22(20(21)25)14-16-6-4-3-5-7-16/h3-11,18H,12-14H2,1-2H3,(H,23,24)/t18-,21-/m1/s1. The molecule has 2 aromatic rings. The fourth-order valence-corrected chi connectivity index (χ4v) is 3.63. The Bertz CT molecular complexity index is 787. The number of nitrogens with zero attached hydrogens (tertiary/aromatic N) is 1. The Labute approximate surface area is 153 Å². The third-order valence-electron chi connectivity index (χ3n) is 5.19. The first-order chi connectivity index (χ1) is 12.5. The monoisotopic (exact) mass is 353 g/mol. The highest BCUT2D eigenvalue weighted by Gasteiger charge is 2.60. The van der Waals surface area contributed by atoms with Crippen LogP contribution in [0.1, 0.15) is 24.5 Å². The molecule has 3 rings (SSSR count). The number of hydrogen-bond donors (Lipinski definition) is 1. The Morgan fingerprint density at radius 2 is 1.77 bits per heavy atom. The van der Waals surface area contributed by atoms with E-state index in [1.807, 2.05) is 54.6 Å². The number of methoxy groups -OCH3 is 1. The molecule has 5 nitrogen and oxygen atoms in total. The molecule has 1 saturated heterocycles. The average molecular weight is 353 g/mol. The van der Waals surface area contributed by atoms with Crippen molar-refractivity contribution in [2.24, 2.45) is 5.41 Å². The summed E-state index contributed by atoms with van der Waals surface area (Å²) in [4.78, 5) is 26.1. The van der Waals surface area contributed by atoms with Crippen molar-refractivity contribution in [1.82, 2.24) is 4.90 Å². The minimum absolute atomic E-state index is 0.0951. The van der Waals surface area contributed by atoms with Crippen molar-refractivity contribution < 1.29 is 19.4 Å². The Morgan fingerprint density at radius 3 is 2.35 bits per heavy atom. The lowest BCUT2D eigenvalue weighted by Gasteiger charge is -2.52. The number of aryl methyl sites for hydroxylation is 1. The molecule has 0 spiro atoms. The molecular formula is C21H23NO4. The van der Waals surface area contributed by atoms with Gasteiger partial charge in [-0.1, -0.05) is 42.5 Å². The predicted molar refractivity (Wildman–Crippen MR) is 97.8 cm³/mol. The predicted octanol–water partition coefficient (Wildman–Crippen LogP) is 3.13. The maximum absolute atomic E-state index is 12.8. The van der Waals surface area contributed by atoms with Crippen molar-refractivity contribution in [3.05, 3.63) is 65.7 Å². The molecule has 136 valence electrons. The molecule has 5 heteroatoms. The van der Waals surface area contributed by atoms with Gasteiger partial charge in [-0.05, 0) is 43.0 Å². The number of β-lactam (4-membered cyclic amide) rings is 1. The number of carbonyl (C=O) groups excluding carboxylic acids is 1. The van der Waals surface area contributed by atoms with Gasteiger partial charge in [0.25, 0.3) is 0 Å². The fourth-order valence-electron chi connectivity index (χ4n) is 3.63. The van der Waals surface area contributed by atoms with E-state index < -0.39 is 17.4 Å². The number of hydrogen-bond acceptors (Lipinski definition) is 3. The lowest BCUT2D eigenvalue weighted by Crippen LogP contribution is -2.70. The summed E-state index contributed by atoms with van der Waals surface area (Å²) >= 11 is 0. The van der Waals surface area contributed by atoms with Crippen LogP contribution < -0.4 is 4.74 Å². The molecule has 1 aliphatic rings. The molecule has 1 aliphatic heterocycles. The molecule has 0 saturated carbocycles. The van der Waals surface area contributed by atoms with Crippen LogP contribution in [0.4, 0.5) is 0 Å². The van der Waals surface area contributed by atoms with Gasteiger partial charge in [-0.2, -0.15) is 0 Å². The third-order valence-corrected chi connectivity index (χ3v) is 5.19. The highest BCUT2D eigenvalue weighted by molar-refractivity contribution is 5.99. The zero-order valence-electron chi connectivity index (χ0n) is 15.0. The number of amides is 1. The number of ether oxygens (including phenoxy) is 1. The third kappa shape index (κ3) is 3.29. The van der Waals surface area contributed by atoms with E-state index in [-0.39, 0.29) is 5.91 Å². The number of aliphatic carboxylic acids is 1. The summed E-state index contributed by atoms with van der Waals surface area (Å²) in [5.41, 5.74) is 1.12. The van der Waals surface area contributed by atoms with Crippen molar-refractivity contribution in [2.75, 3.05) is 7.11 Å². The topological polar surface area (TPSA) is 66.8 Å². The fraction of sp³-hybridized carbons (Fsp3) is 0.333. The molecule has 2 atom stereocenters. The molecule has 1 N–H and O–H groups in total. The van der Waals surface area contributed by atoms with Gasteiger partial charge >= 0.3 is 5.97 Å². The second-order valence-corrected chi connectivity index (χ2v) is 6.92. The molecule has 0 radical (unpaired) electrons. The van der Waals surface area contributed by atoms with Crippen LogP contribution in [0.2, 0.25) is 0 Å². The average Bonchev–Trinajstić information content (AvgIpc) is 2.66. The van der Waals surface area contributed by atoms with Crippen molar-refractivity contribution in [1.29, 1.82) is 0 Å². The van der Waals surface area contributed by atoms with Gasteiger partial charge in [0.2, 0.25) is 5.91 Å². The Kier molecular flexibility index (Phi) is 4.98. The van der Waals surface area contributed by atoms with Crippen LogP contribution in [-0.4, -0.2) is 35.0 Å². The maximum Gasteiger partial charge on any atom is 0.327 e. The highest BCUT2D eigenvalue weighted by atomic mass is 16.5. The van der Waals surface area contributed by atoms with Crippen LogP contribution in [0, 0.1) is 5.41 Å². The number of likely N-dealkylation sites (tertiary alicyclic amines) is 1. The Balaban J connectivity index is 1.71. The van der Waals surface area contributed by atoms with E-state index in [2.05, 4.69) is 0 Å². The van der Waals surface area contributed by atoms with Gasteiger partial charge in [-0.15, -0.1) is 0 Å². The van der Waals surface area contributed by atoms with Crippen molar-refractivity contribution in [3.8, 4) is 5.75 Å². The maximum atomic E-state index is 12.8. The van der Waals surface area contributed by atoms with Gasteiger partial charge in [0.1, 0.15) is 11.8 Å². The number of carboxylic acids is 1. The van der Waals surface area contributed by atoms with E-state index in [0.717, 1.165) is 16.9 Å². The van der Waals surface area contributed by atoms with Gasteiger partial charge in [-0.25, -0.2) is 4.79 Å². The van der Waals surface area contributed by atoms with Gasteiger partial charge < -0.3 is 14.7 Å². The molecule has 0 bridgehead atoms. The molecule has 0 aliphatic carbocycles. The molecule has 1 fully saturated rings. The van der Waals surface area contributed by atoms with Crippen molar-refractivity contribution in [2.45, 2.75) is 32.4 Å². The summed E-state index contributed by atoms with van der Waals surface area (Å²) in [5.74, 6) is -0.267. The van der Waals surface area contributed by atoms with E-state index in [4.69, 9.17) is 4.74 Å². The Morgan fingerprint density at radius 1 is 1.12 bits per heavy atom. The lowest BCUT2D eigenvalue weighted by atomic mass is 9.68. The van der Waals surface area contributed by atoms with E-state index in [9.17, 15) is 14.7 Å². The molecule has 1 heterocycles. The van der Waals surface area contributed by atoms with Gasteiger partial charge in [0, 0.05) is 6.54 Å².